The van der Waals surface area contributed by atoms with Crippen molar-refractivity contribution in [2.24, 2.45) is 5.92 Å². The number of ether oxygens (including phenoxy) is 1. The van der Waals surface area contributed by atoms with E-state index in [1.807, 2.05) is 0 Å². The molecule has 0 radical (unpaired) electrons. The summed E-state index contributed by atoms with van der Waals surface area (Å²) in [5.74, 6) is -1.18. The first-order valence-electron chi connectivity index (χ1n) is 5.89. The number of nitrogens with one attached hydrogen (secondary N) is 1. The van der Waals surface area contributed by atoms with Crippen molar-refractivity contribution < 1.29 is 19.4 Å². The summed E-state index contributed by atoms with van der Waals surface area (Å²) >= 11 is 1.29. The molecule has 0 saturated carbocycles. The molecule has 1 unspecified atom stereocenters. The Hall–Kier alpha value is -1.47. The predicted octanol–water partition coefficient (Wildman–Crippen LogP) is 1.44. The van der Waals surface area contributed by atoms with Crippen LogP contribution in [0.5, 0.6) is 0 Å². The first-order chi connectivity index (χ1) is 8.93. The molecular formula is C12H18N2O4S. The van der Waals surface area contributed by atoms with Crippen molar-refractivity contribution in [3.8, 4) is 0 Å². The lowest BCUT2D eigenvalue weighted by Gasteiger charge is -2.09. The SMILES string of the molecule is COCc1nc(C)c(C(=O)NCC(C)CC(=O)O)s1. The van der Waals surface area contributed by atoms with Gasteiger partial charge in [-0.2, -0.15) is 0 Å². The molecule has 1 aromatic rings. The Labute approximate surface area is 115 Å². The fourth-order valence-corrected chi connectivity index (χ4v) is 2.52. The first-order valence-corrected chi connectivity index (χ1v) is 6.71. The zero-order valence-electron chi connectivity index (χ0n) is 11.2. The molecule has 0 bridgehead atoms. The fourth-order valence-electron chi connectivity index (χ4n) is 1.57. The average molecular weight is 286 g/mol. The van der Waals surface area contributed by atoms with Gasteiger partial charge in [-0.25, -0.2) is 4.98 Å². The van der Waals surface area contributed by atoms with Crippen LogP contribution < -0.4 is 5.32 Å². The Morgan fingerprint density at radius 1 is 1.53 bits per heavy atom. The highest BCUT2D eigenvalue weighted by Gasteiger charge is 2.16. The van der Waals surface area contributed by atoms with E-state index in [0.29, 0.717) is 23.7 Å². The summed E-state index contributed by atoms with van der Waals surface area (Å²) in [6.45, 7) is 4.27. The molecule has 1 heterocycles. The lowest BCUT2D eigenvalue weighted by atomic mass is 10.1. The van der Waals surface area contributed by atoms with E-state index in [4.69, 9.17) is 9.84 Å². The van der Waals surface area contributed by atoms with Crippen LogP contribution in [0, 0.1) is 12.8 Å². The third-order valence-electron chi connectivity index (χ3n) is 2.45. The van der Waals surface area contributed by atoms with E-state index in [0.717, 1.165) is 5.01 Å². The standard InChI is InChI=1S/C12H18N2O4S/c1-7(4-10(15)16)5-13-12(17)11-8(2)14-9(19-11)6-18-3/h7H,4-6H2,1-3H3,(H,13,17)(H,15,16). The number of carboxylic acid groups (broad SMARTS) is 1. The summed E-state index contributed by atoms with van der Waals surface area (Å²) in [5, 5.41) is 12.1. The molecule has 0 aliphatic carbocycles. The highest BCUT2D eigenvalue weighted by Crippen LogP contribution is 2.18. The number of nitrogens with zero attached hydrogens (tertiary/aromatic N) is 1. The zero-order valence-corrected chi connectivity index (χ0v) is 12.0. The van der Waals surface area contributed by atoms with Gasteiger partial charge in [0.1, 0.15) is 9.88 Å². The minimum Gasteiger partial charge on any atom is -0.481 e. The van der Waals surface area contributed by atoms with Crippen molar-refractivity contribution in [3.63, 3.8) is 0 Å². The molecule has 1 atom stereocenters. The fraction of sp³-hybridized carbons (Fsp3) is 0.583. The molecule has 19 heavy (non-hydrogen) atoms. The molecule has 1 aromatic heterocycles. The lowest BCUT2D eigenvalue weighted by molar-refractivity contribution is -0.137. The average Bonchev–Trinajstić information content (AvgIpc) is 2.67. The third-order valence-corrected chi connectivity index (χ3v) is 3.58. The second-order valence-corrected chi connectivity index (χ2v) is 5.45. The Morgan fingerprint density at radius 3 is 2.79 bits per heavy atom. The molecule has 1 amide bonds. The second kappa shape index (κ2) is 7.20. The molecule has 7 heteroatoms. The Balaban J connectivity index is 2.55. The monoisotopic (exact) mass is 286 g/mol. The van der Waals surface area contributed by atoms with Crippen LogP contribution in [0.25, 0.3) is 0 Å². The van der Waals surface area contributed by atoms with Gasteiger partial charge in [0, 0.05) is 20.1 Å². The van der Waals surface area contributed by atoms with Gasteiger partial charge in [-0.15, -0.1) is 11.3 Å². The van der Waals surface area contributed by atoms with Crippen molar-refractivity contribution in [2.45, 2.75) is 26.9 Å². The normalized spacial score (nSPS) is 12.2. The second-order valence-electron chi connectivity index (χ2n) is 4.37. The first kappa shape index (κ1) is 15.6. The summed E-state index contributed by atoms with van der Waals surface area (Å²) in [7, 11) is 1.57. The van der Waals surface area contributed by atoms with Gasteiger partial charge in [0.15, 0.2) is 0 Å². The predicted molar refractivity (Wildman–Crippen MR) is 71.3 cm³/mol. The summed E-state index contributed by atoms with van der Waals surface area (Å²) < 4.78 is 4.97. The van der Waals surface area contributed by atoms with Crippen LogP contribution in [0.2, 0.25) is 0 Å². The van der Waals surface area contributed by atoms with Crippen LogP contribution in [0.3, 0.4) is 0 Å². The molecule has 106 valence electrons. The third kappa shape index (κ3) is 4.96. The minimum absolute atomic E-state index is 0.0386. The molecule has 0 aliphatic rings. The number of aliphatic carboxylic acids is 1. The Morgan fingerprint density at radius 2 is 2.21 bits per heavy atom. The number of amides is 1. The van der Waals surface area contributed by atoms with Crippen LogP contribution in [-0.2, 0) is 16.1 Å². The van der Waals surface area contributed by atoms with Gasteiger partial charge in [0.05, 0.1) is 12.3 Å². The summed E-state index contributed by atoms with van der Waals surface area (Å²) in [6, 6.07) is 0. The van der Waals surface area contributed by atoms with Crippen molar-refractivity contribution in [3.05, 3.63) is 15.6 Å². The number of carboxylic acids is 1. The van der Waals surface area contributed by atoms with E-state index in [2.05, 4.69) is 10.3 Å². The Kier molecular flexibility index (Phi) is 5.91. The van der Waals surface area contributed by atoms with E-state index in [1.54, 1.807) is 21.0 Å². The van der Waals surface area contributed by atoms with E-state index in [1.165, 1.54) is 11.3 Å². The largest absolute Gasteiger partial charge is 0.481 e. The number of carbonyl (C=O) groups excluding carboxylic acids is 1. The van der Waals surface area contributed by atoms with Gasteiger partial charge < -0.3 is 15.2 Å². The van der Waals surface area contributed by atoms with Crippen molar-refractivity contribution in [1.82, 2.24) is 10.3 Å². The quantitative estimate of drug-likeness (QED) is 0.791. The maximum Gasteiger partial charge on any atom is 0.303 e. The van der Waals surface area contributed by atoms with Crippen LogP contribution >= 0.6 is 11.3 Å². The molecule has 0 aromatic carbocycles. The topological polar surface area (TPSA) is 88.5 Å². The van der Waals surface area contributed by atoms with Crippen LogP contribution in [0.15, 0.2) is 0 Å². The molecule has 2 N–H and O–H groups in total. The molecule has 0 fully saturated rings. The number of aromatic nitrogens is 1. The zero-order chi connectivity index (χ0) is 14.4. The van der Waals surface area contributed by atoms with E-state index < -0.39 is 5.97 Å². The number of hydrogen-bond acceptors (Lipinski definition) is 5. The van der Waals surface area contributed by atoms with E-state index in [9.17, 15) is 9.59 Å². The van der Waals surface area contributed by atoms with Gasteiger partial charge in [0.25, 0.3) is 5.91 Å². The molecule has 0 spiro atoms. The maximum atomic E-state index is 11.9. The van der Waals surface area contributed by atoms with E-state index in [-0.39, 0.29) is 18.2 Å². The molecule has 1 rings (SSSR count). The molecule has 6 nitrogen and oxygen atoms in total. The minimum atomic E-state index is -0.863. The molecule has 0 saturated heterocycles. The van der Waals surface area contributed by atoms with Crippen LogP contribution in [-0.4, -0.2) is 35.6 Å². The number of aryl methyl sites for hydroxylation is 1. The van der Waals surface area contributed by atoms with Crippen molar-refractivity contribution in [2.75, 3.05) is 13.7 Å². The molecule has 0 aliphatic heterocycles. The van der Waals surface area contributed by atoms with Crippen molar-refractivity contribution >= 4 is 23.2 Å². The number of thiazole rings is 1. The Bertz CT molecular complexity index is 459. The maximum absolute atomic E-state index is 11.9. The van der Waals surface area contributed by atoms with Gasteiger partial charge >= 0.3 is 5.97 Å². The van der Waals surface area contributed by atoms with Crippen LogP contribution in [0.4, 0.5) is 0 Å². The number of methoxy groups -OCH3 is 1. The summed E-state index contributed by atoms with van der Waals surface area (Å²) in [5.41, 5.74) is 0.667. The smallest absolute Gasteiger partial charge is 0.303 e. The van der Waals surface area contributed by atoms with Gasteiger partial charge in [-0.05, 0) is 12.8 Å². The van der Waals surface area contributed by atoms with E-state index >= 15 is 0 Å². The summed E-state index contributed by atoms with van der Waals surface area (Å²) in [6.07, 6.45) is 0.0386. The van der Waals surface area contributed by atoms with Gasteiger partial charge in [-0.1, -0.05) is 6.92 Å². The number of carbonyl (C=O) groups is 2. The van der Waals surface area contributed by atoms with Crippen molar-refractivity contribution in [1.29, 1.82) is 0 Å². The number of hydrogen-bond donors (Lipinski definition) is 2. The highest BCUT2D eigenvalue weighted by molar-refractivity contribution is 7.13. The summed E-state index contributed by atoms with van der Waals surface area (Å²) in [4.78, 5) is 27.2. The van der Waals surface area contributed by atoms with Gasteiger partial charge in [-0.3, -0.25) is 9.59 Å². The molecular weight excluding hydrogens is 268 g/mol. The highest BCUT2D eigenvalue weighted by atomic mass is 32.1. The number of rotatable bonds is 7. The van der Waals surface area contributed by atoms with Gasteiger partial charge in [0.2, 0.25) is 0 Å². The lowest BCUT2D eigenvalue weighted by Crippen LogP contribution is -2.29. The van der Waals surface area contributed by atoms with Crippen LogP contribution in [0.1, 0.15) is 33.7 Å².